The van der Waals surface area contributed by atoms with Crippen molar-refractivity contribution < 1.29 is 5.11 Å². The van der Waals surface area contributed by atoms with Crippen molar-refractivity contribution in [2.24, 2.45) is 5.92 Å². The van der Waals surface area contributed by atoms with Crippen LogP contribution in [-0.4, -0.2) is 23.2 Å². The van der Waals surface area contributed by atoms with Gasteiger partial charge < -0.3 is 10.4 Å². The van der Waals surface area contributed by atoms with Crippen LogP contribution in [0.4, 0.5) is 5.69 Å². The van der Waals surface area contributed by atoms with E-state index in [1.54, 1.807) is 6.20 Å². The van der Waals surface area contributed by atoms with Crippen molar-refractivity contribution in [2.45, 2.75) is 20.8 Å². The number of nitrogens with zero attached hydrogens (tertiary/aromatic N) is 2. The third-order valence-electron chi connectivity index (χ3n) is 2.84. The number of fused-ring (bicyclic) bond motifs is 1. The second-order valence-electron chi connectivity index (χ2n) is 4.38. The van der Waals surface area contributed by atoms with E-state index in [9.17, 15) is 0 Å². The van der Waals surface area contributed by atoms with Crippen molar-refractivity contribution in [1.82, 2.24) is 4.98 Å². The predicted octanol–water partition coefficient (Wildman–Crippen LogP) is 3.17. The highest BCUT2D eigenvalue weighted by Crippen LogP contribution is 2.20. The lowest BCUT2D eigenvalue weighted by molar-refractivity contribution is 0.244. The summed E-state index contributed by atoms with van der Waals surface area (Å²) in [4.78, 5) is 4.03. The average Bonchev–Trinajstić information content (AvgIpc) is 2.53. The summed E-state index contributed by atoms with van der Waals surface area (Å²) < 4.78 is 0. The Morgan fingerprint density at radius 1 is 1.35 bits per heavy atom. The molecule has 2 rings (SSSR count). The number of nitrogens with one attached hydrogen (secondary N) is 1. The Morgan fingerprint density at radius 3 is 2.75 bits per heavy atom. The Balaban J connectivity index is 0.000000956. The van der Waals surface area contributed by atoms with Crippen LogP contribution in [0, 0.1) is 17.2 Å². The summed E-state index contributed by atoms with van der Waals surface area (Å²) in [7, 11) is 0. The maximum absolute atomic E-state index is 8.97. The van der Waals surface area contributed by atoms with Crippen molar-refractivity contribution in [2.75, 3.05) is 18.5 Å². The molecule has 106 valence electrons. The normalized spacial score (nSPS) is 11.2. The van der Waals surface area contributed by atoms with E-state index in [1.165, 1.54) is 0 Å². The van der Waals surface area contributed by atoms with Crippen LogP contribution in [0.3, 0.4) is 0 Å². The second-order valence-corrected chi connectivity index (χ2v) is 4.38. The van der Waals surface area contributed by atoms with Crippen LogP contribution in [0.1, 0.15) is 26.5 Å². The largest absolute Gasteiger partial charge is 0.396 e. The van der Waals surface area contributed by atoms with Crippen LogP contribution in [-0.2, 0) is 0 Å². The Hall–Kier alpha value is -2.12. The SMILES string of the molecule is CC.CC(CO)CNc1ccc2c(C#N)nccc2c1. The van der Waals surface area contributed by atoms with Crippen molar-refractivity contribution in [3.63, 3.8) is 0 Å². The maximum atomic E-state index is 8.97. The van der Waals surface area contributed by atoms with E-state index >= 15 is 0 Å². The van der Waals surface area contributed by atoms with Crippen LogP contribution >= 0.6 is 0 Å². The second kappa shape index (κ2) is 8.13. The first-order valence-corrected chi connectivity index (χ1v) is 6.88. The van der Waals surface area contributed by atoms with Gasteiger partial charge in [0.15, 0.2) is 0 Å². The molecule has 4 heteroatoms. The summed E-state index contributed by atoms with van der Waals surface area (Å²) in [5.41, 5.74) is 1.43. The fourth-order valence-electron chi connectivity index (χ4n) is 1.73. The number of hydrogen-bond acceptors (Lipinski definition) is 4. The highest BCUT2D eigenvalue weighted by Gasteiger charge is 2.03. The Morgan fingerprint density at radius 2 is 2.10 bits per heavy atom. The van der Waals surface area contributed by atoms with E-state index in [2.05, 4.69) is 16.4 Å². The molecule has 20 heavy (non-hydrogen) atoms. The summed E-state index contributed by atoms with van der Waals surface area (Å²) in [6, 6.07) is 9.78. The first-order valence-electron chi connectivity index (χ1n) is 6.88. The van der Waals surface area contributed by atoms with Gasteiger partial charge in [0.05, 0.1) is 0 Å². The lowest BCUT2D eigenvalue weighted by Crippen LogP contribution is -2.14. The number of aliphatic hydroxyl groups excluding tert-OH is 1. The molecule has 0 aliphatic rings. The van der Waals surface area contributed by atoms with Gasteiger partial charge in [0, 0.05) is 30.4 Å². The van der Waals surface area contributed by atoms with Gasteiger partial charge in [-0.05, 0) is 35.6 Å². The molecule has 0 bridgehead atoms. The summed E-state index contributed by atoms with van der Waals surface area (Å²) in [5, 5.41) is 23.0. The van der Waals surface area contributed by atoms with Crippen molar-refractivity contribution in [1.29, 1.82) is 5.26 Å². The van der Waals surface area contributed by atoms with Gasteiger partial charge in [-0.2, -0.15) is 5.26 Å². The minimum Gasteiger partial charge on any atom is -0.396 e. The van der Waals surface area contributed by atoms with Gasteiger partial charge in [0.2, 0.25) is 0 Å². The van der Waals surface area contributed by atoms with Gasteiger partial charge in [-0.15, -0.1) is 0 Å². The van der Waals surface area contributed by atoms with Crippen molar-refractivity contribution >= 4 is 16.5 Å². The van der Waals surface area contributed by atoms with Crippen LogP contribution < -0.4 is 5.32 Å². The van der Waals surface area contributed by atoms with Crippen LogP contribution in [0.5, 0.6) is 0 Å². The van der Waals surface area contributed by atoms with Crippen LogP contribution in [0.25, 0.3) is 10.8 Å². The number of benzene rings is 1. The van der Waals surface area contributed by atoms with Gasteiger partial charge in [-0.25, -0.2) is 4.98 Å². The molecule has 0 saturated heterocycles. The number of nitriles is 1. The molecule has 0 aliphatic heterocycles. The zero-order valence-electron chi connectivity index (χ0n) is 12.2. The molecule has 4 nitrogen and oxygen atoms in total. The molecule has 1 aromatic heterocycles. The first kappa shape index (κ1) is 15.9. The molecule has 1 heterocycles. The van der Waals surface area contributed by atoms with Gasteiger partial charge in [-0.3, -0.25) is 0 Å². The summed E-state index contributed by atoms with van der Waals surface area (Å²) in [6.07, 6.45) is 1.64. The Labute approximate surface area is 120 Å². The minimum absolute atomic E-state index is 0.170. The molecule has 1 aromatic carbocycles. The molecular weight excluding hydrogens is 250 g/mol. The lowest BCUT2D eigenvalue weighted by atomic mass is 10.1. The lowest BCUT2D eigenvalue weighted by Gasteiger charge is -2.11. The zero-order chi connectivity index (χ0) is 15.0. The number of anilines is 1. The van der Waals surface area contributed by atoms with Gasteiger partial charge in [-0.1, -0.05) is 20.8 Å². The maximum Gasteiger partial charge on any atom is 0.148 e. The summed E-state index contributed by atoms with van der Waals surface area (Å²) in [5.74, 6) is 0.216. The first-order chi connectivity index (χ1) is 9.74. The molecule has 0 spiro atoms. The van der Waals surface area contributed by atoms with Gasteiger partial charge in [0.1, 0.15) is 11.8 Å². The highest BCUT2D eigenvalue weighted by atomic mass is 16.3. The molecule has 0 saturated carbocycles. The number of pyridine rings is 1. The number of rotatable bonds is 4. The molecule has 0 amide bonds. The number of aliphatic hydroxyl groups is 1. The van der Waals surface area contributed by atoms with Crippen LogP contribution in [0.2, 0.25) is 0 Å². The fourth-order valence-corrected chi connectivity index (χ4v) is 1.73. The third-order valence-corrected chi connectivity index (χ3v) is 2.84. The molecule has 0 aliphatic carbocycles. The van der Waals surface area contributed by atoms with Crippen molar-refractivity contribution in [3.05, 3.63) is 36.2 Å². The standard InChI is InChI=1S/C14H15N3O.C2H6/c1-10(9-18)8-17-12-2-3-13-11(6-12)4-5-16-14(13)7-15;1-2/h2-6,10,17-18H,8-9H2,1H3;1-2H3. The topological polar surface area (TPSA) is 68.9 Å². The molecule has 2 aromatic rings. The van der Waals surface area contributed by atoms with E-state index in [-0.39, 0.29) is 12.5 Å². The van der Waals surface area contributed by atoms with Gasteiger partial charge >= 0.3 is 0 Å². The molecular formula is C16H21N3O. The number of hydrogen-bond donors (Lipinski definition) is 2. The zero-order valence-corrected chi connectivity index (χ0v) is 12.2. The average molecular weight is 271 g/mol. The fraction of sp³-hybridized carbons (Fsp3) is 0.375. The summed E-state index contributed by atoms with van der Waals surface area (Å²) in [6.45, 7) is 6.87. The van der Waals surface area contributed by atoms with E-state index in [1.807, 2.05) is 45.0 Å². The highest BCUT2D eigenvalue weighted by molar-refractivity contribution is 5.88. The summed E-state index contributed by atoms with van der Waals surface area (Å²) >= 11 is 0. The third kappa shape index (κ3) is 3.94. The quantitative estimate of drug-likeness (QED) is 0.896. The smallest absolute Gasteiger partial charge is 0.148 e. The van der Waals surface area contributed by atoms with E-state index in [4.69, 9.17) is 10.4 Å². The molecule has 1 unspecified atom stereocenters. The van der Waals surface area contributed by atoms with Gasteiger partial charge in [0.25, 0.3) is 0 Å². The molecule has 0 fully saturated rings. The Bertz CT molecular complexity index is 590. The molecule has 1 atom stereocenters. The molecule has 2 N–H and O–H groups in total. The van der Waals surface area contributed by atoms with E-state index in [0.29, 0.717) is 5.69 Å². The van der Waals surface area contributed by atoms with Crippen molar-refractivity contribution in [3.8, 4) is 6.07 Å². The van der Waals surface area contributed by atoms with Crippen LogP contribution in [0.15, 0.2) is 30.5 Å². The minimum atomic E-state index is 0.170. The Kier molecular flexibility index (Phi) is 6.48. The van der Waals surface area contributed by atoms with E-state index in [0.717, 1.165) is 23.0 Å². The number of aromatic nitrogens is 1. The van der Waals surface area contributed by atoms with E-state index < -0.39 is 0 Å². The molecule has 0 radical (unpaired) electrons. The predicted molar refractivity (Wildman–Crippen MR) is 82.5 cm³/mol. The monoisotopic (exact) mass is 271 g/mol.